The summed E-state index contributed by atoms with van der Waals surface area (Å²) in [6, 6.07) is 4.86. The molecule has 0 saturated carbocycles. The van der Waals surface area contributed by atoms with Crippen LogP contribution >= 0.6 is 0 Å². The monoisotopic (exact) mass is 366 g/mol. The maximum atomic E-state index is 11.9. The molecular weight excluding hydrogens is 341 g/mol. The Morgan fingerprint density at radius 1 is 1.12 bits per heavy atom. The van der Waals surface area contributed by atoms with Gasteiger partial charge in [0.25, 0.3) is 6.47 Å². The van der Waals surface area contributed by atoms with Gasteiger partial charge in [-0.05, 0) is 31.2 Å². The van der Waals surface area contributed by atoms with E-state index in [0.717, 1.165) is 12.1 Å². The number of methoxy groups -OCH3 is 1. The average Bonchev–Trinajstić information content (AvgIpc) is 2.56. The molecule has 25 heavy (non-hydrogen) atoms. The van der Waals surface area contributed by atoms with Crippen molar-refractivity contribution in [1.82, 2.24) is 0 Å². The van der Waals surface area contributed by atoms with Crippen LogP contribution in [-0.4, -0.2) is 39.3 Å². The molecular formula is C17H25F3O5. The van der Waals surface area contributed by atoms with E-state index in [1.807, 2.05) is 20.8 Å². The highest BCUT2D eigenvalue weighted by molar-refractivity contribution is 5.37. The van der Waals surface area contributed by atoms with Crippen molar-refractivity contribution in [2.75, 3.05) is 20.3 Å². The first-order valence-corrected chi connectivity index (χ1v) is 7.50. The van der Waals surface area contributed by atoms with Crippen LogP contribution in [0.25, 0.3) is 0 Å². The highest BCUT2D eigenvalue weighted by atomic mass is 19.4. The summed E-state index contributed by atoms with van der Waals surface area (Å²) in [5.41, 5.74) is 0. The van der Waals surface area contributed by atoms with E-state index in [9.17, 15) is 18.0 Å². The lowest BCUT2D eigenvalue weighted by atomic mass is 10.3. The van der Waals surface area contributed by atoms with E-state index in [1.165, 1.54) is 19.2 Å². The molecule has 8 heteroatoms. The highest BCUT2D eigenvalue weighted by Gasteiger charge is 2.30. The van der Waals surface area contributed by atoms with Gasteiger partial charge in [-0.25, -0.2) is 0 Å². The number of benzene rings is 1. The van der Waals surface area contributed by atoms with Gasteiger partial charge in [0.1, 0.15) is 18.1 Å². The minimum absolute atomic E-state index is 0.0199. The fraction of sp³-hybridized carbons (Fsp3) is 0.471. The molecule has 0 spiro atoms. The molecule has 1 unspecified atom stereocenters. The van der Waals surface area contributed by atoms with Crippen LogP contribution in [0.4, 0.5) is 13.2 Å². The fourth-order valence-corrected chi connectivity index (χ4v) is 1.32. The molecule has 0 aromatic heterocycles. The van der Waals surface area contributed by atoms with Gasteiger partial charge >= 0.3 is 6.36 Å². The molecule has 0 aliphatic heterocycles. The zero-order valence-electron chi connectivity index (χ0n) is 14.8. The first kappa shape index (κ1) is 25.0. The number of alkyl halides is 3. The second-order valence-electron chi connectivity index (χ2n) is 4.05. The first-order valence-electron chi connectivity index (χ1n) is 7.50. The minimum Gasteiger partial charge on any atom is -0.490 e. The summed E-state index contributed by atoms with van der Waals surface area (Å²) < 4.78 is 54.3. The number of ether oxygens (including phenoxy) is 4. The van der Waals surface area contributed by atoms with Gasteiger partial charge in [0.05, 0.1) is 6.61 Å². The first-order chi connectivity index (χ1) is 11.9. The van der Waals surface area contributed by atoms with E-state index < -0.39 is 12.5 Å². The van der Waals surface area contributed by atoms with Crippen molar-refractivity contribution in [3.8, 4) is 11.5 Å². The lowest BCUT2D eigenvalue weighted by Crippen LogP contribution is -2.26. The number of halogens is 3. The summed E-state index contributed by atoms with van der Waals surface area (Å²) in [5.74, 6) is -0.0300. The second-order valence-corrected chi connectivity index (χ2v) is 4.05. The predicted octanol–water partition coefficient (Wildman–Crippen LogP) is 4.37. The van der Waals surface area contributed by atoms with E-state index in [-0.39, 0.29) is 25.4 Å². The molecule has 0 aliphatic carbocycles. The second kappa shape index (κ2) is 15.3. The lowest BCUT2D eigenvalue weighted by Gasteiger charge is -2.15. The third kappa shape index (κ3) is 15.1. The molecule has 0 aliphatic rings. The van der Waals surface area contributed by atoms with E-state index in [2.05, 4.69) is 16.1 Å². The maximum Gasteiger partial charge on any atom is 0.573 e. The molecule has 144 valence electrons. The number of carbonyl (C=O) groups is 1. The Kier molecular flexibility index (Phi) is 15.3. The Morgan fingerprint density at radius 3 is 2.00 bits per heavy atom. The molecule has 5 nitrogen and oxygen atoms in total. The summed E-state index contributed by atoms with van der Waals surface area (Å²) in [5, 5.41) is 0. The number of hydrogen-bond donors (Lipinski definition) is 0. The summed E-state index contributed by atoms with van der Waals surface area (Å²) >= 11 is 0. The fourth-order valence-electron chi connectivity index (χ4n) is 1.32. The van der Waals surface area contributed by atoms with E-state index in [1.54, 1.807) is 6.08 Å². The largest absolute Gasteiger partial charge is 0.573 e. The standard InChI is InChI=1S/C12H13F3O5.C3H6.C2H6/c1-17-6-11(19-8-16)7-18-9-2-4-10(5-3-9)20-12(13,14)15;1-3-2;1-2/h2-5,8,11H,6-7H2,1H3;3H,1H2,2H3;1-2H3. The van der Waals surface area contributed by atoms with E-state index in [0.29, 0.717) is 5.75 Å². The molecule has 1 atom stereocenters. The topological polar surface area (TPSA) is 54.0 Å². The van der Waals surface area contributed by atoms with Crippen LogP contribution in [-0.2, 0) is 14.3 Å². The van der Waals surface area contributed by atoms with Gasteiger partial charge in [0.2, 0.25) is 0 Å². The molecule has 1 rings (SSSR count). The van der Waals surface area contributed by atoms with Crippen LogP contribution in [0.2, 0.25) is 0 Å². The number of allylic oxidation sites excluding steroid dienone is 1. The van der Waals surface area contributed by atoms with Crippen LogP contribution in [0, 0.1) is 0 Å². The van der Waals surface area contributed by atoms with Gasteiger partial charge in [0, 0.05) is 7.11 Å². The van der Waals surface area contributed by atoms with Crippen LogP contribution in [0.3, 0.4) is 0 Å². The molecule has 1 aromatic rings. The minimum atomic E-state index is -4.73. The number of rotatable bonds is 8. The third-order valence-corrected chi connectivity index (χ3v) is 2.09. The maximum absolute atomic E-state index is 11.9. The quantitative estimate of drug-likeness (QED) is 0.505. The summed E-state index contributed by atoms with van der Waals surface area (Å²) in [6.07, 6.45) is -3.58. The Bertz CT molecular complexity index is 447. The van der Waals surface area contributed by atoms with Crippen LogP contribution in [0.15, 0.2) is 36.9 Å². The van der Waals surface area contributed by atoms with E-state index >= 15 is 0 Å². The van der Waals surface area contributed by atoms with Crippen LogP contribution in [0.5, 0.6) is 11.5 Å². The Labute approximate surface area is 146 Å². The van der Waals surface area contributed by atoms with Crippen molar-refractivity contribution in [1.29, 1.82) is 0 Å². The smallest absolute Gasteiger partial charge is 0.490 e. The number of carbonyl (C=O) groups excluding carboxylic acids is 1. The van der Waals surface area contributed by atoms with Crippen molar-refractivity contribution in [2.45, 2.75) is 33.2 Å². The van der Waals surface area contributed by atoms with Crippen molar-refractivity contribution >= 4 is 6.47 Å². The molecule has 0 amide bonds. The lowest BCUT2D eigenvalue weighted by molar-refractivity contribution is -0.274. The number of hydrogen-bond acceptors (Lipinski definition) is 5. The molecule has 0 bridgehead atoms. The summed E-state index contributed by atoms with van der Waals surface area (Å²) in [4.78, 5) is 10.2. The molecule has 1 aromatic carbocycles. The zero-order chi connectivity index (χ0) is 19.7. The van der Waals surface area contributed by atoms with Crippen molar-refractivity contribution in [3.05, 3.63) is 36.9 Å². The molecule has 0 radical (unpaired) electrons. The van der Waals surface area contributed by atoms with Gasteiger partial charge in [-0.3, -0.25) is 4.79 Å². The molecule has 0 fully saturated rings. The summed E-state index contributed by atoms with van der Waals surface area (Å²) in [7, 11) is 1.43. The van der Waals surface area contributed by atoms with Gasteiger partial charge in [-0.15, -0.1) is 19.8 Å². The van der Waals surface area contributed by atoms with Gasteiger partial charge in [-0.2, -0.15) is 0 Å². The Hall–Kier alpha value is -2.22. The van der Waals surface area contributed by atoms with Gasteiger partial charge in [-0.1, -0.05) is 19.9 Å². The molecule has 0 saturated heterocycles. The molecule has 0 N–H and O–H groups in total. The average molecular weight is 366 g/mol. The Morgan fingerprint density at radius 2 is 1.60 bits per heavy atom. The van der Waals surface area contributed by atoms with Gasteiger partial charge < -0.3 is 18.9 Å². The third-order valence-electron chi connectivity index (χ3n) is 2.09. The molecule has 0 heterocycles. The van der Waals surface area contributed by atoms with Crippen LogP contribution < -0.4 is 9.47 Å². The van der Waals surface area contributed by atoms with Crippen molar-refractivity contribution in [3.63, 3.8) is 0 Å². The Balaban J connectivity index is 0. The zero-order valence-corrected chi connectivity index (χ0v) is 14.8. The predicted molar refractivity (Wildman–Crippen MR) is 88.7 cm³/mol. The summed E-state index contributed by atoms with van der Waals surface area (Å²) in [6.45, 7) is 9.69. The highest BCUT2D eigenvalue weighted by Crippen LogP contribution is 2.24. The van der Waals surface area contributed by atoms with Gasteiger partial charge in [0.15, 0.2) is 6.10 Å². The van der Waals surface area contributed by atoms with Crippen molar-refractivity contribution in [2.24, 2.45) is 0 Å². The van der Waals surface area contributed by atoms with Crippen LogP contribution in [0.1, 0.15) is 20.8 Å². The normalized spacial score (nSPS) is 10.8. The van der Waals surface area contributed by atoms with Crippen molar-refractivity contribution < 1.29 is 36.9 Å². The SMILES string of the molecule is C=CC.CC.COCC(COc1ccc(OC(F)(F)F)cc1)OC=O. The van der Waals surface area contributed by atoms with E-state index in [4.69, 9.17) is 9.47 Å².